The summed E-state index contributed by atoms with van der Waals surface area (Å²) in [6.45, 7) is 12.1. The molecule has 4 heteroatoms. The monoisotopic (exact) mass is 427 g/mol. The third-order valence-corrected chi connectivity index (χ3v) is 8.64. The minimum Gasteiger partial charge on any atom is -0.147 e. The predicted octanol–water partition coefficient (Wildman–Crippen LogP) is 6.69. The molecule has 0 saturated heterocycles. The van der Waals surface area contributed by atoms with Crippen molar-refractivity contribution in [3.05, 3.63) is 58.7 Å². The van der Waals surface area contributed by atoms with Crippen molar-refractivity contribution in [1.82, 2.24) is 0 Å². The normalized spacial score (nSPS) is 16.6. The van der Waals surface area contributed by atoms with E-state index in [-0.39, 0.29) is 24.8 Å². The van der Waals surface area contributed by atoms with Gasteiger partial charge in [0.05, 0.1) is 0 Å². The summed E-state index contributed by atoms with van der Waals surface area (Å²) in [6.07, 6.45) is 0. The van der Waals surface area contributed by atoms with Crippen molar-refractivity contribution in [2.24, 2.45) is 5.92 Å². The molecule has 1 atom stereocenters. The topological polar surface area (TPSA) is 9.23 Å². The molecule has 0 aromatic heterocycles. The first kappa shape index (κ1) is 23.5. The number of rotatable bonds is 4. The molecule has 0 radical (unpaired) electrons. The molecule has 2 aromatic rings. The molecule has 0 spiro atoms. The molecule has 1 nitrogen and oxygen atoms in total. The molecular formula is C22H29Cl2OTi. The number of hydrogen-bond acceptors (Lipinski definition) is 1. The average Bonchev–Trinajstić information content (AvgIpc) is 2.77. The first-order chi connectivity index (χ1) is 11.5. The van der Waals surface area contributed by atoms with Crippen LogP contribution in [0.3, 0.4) is 0 Å². The van der Waals surface area contributed by atoms with Crippen molar-refractivity contribution in [2.75, 3.05) is 6.61 Å². The average molecular weight is 428 g/mol. The largest absolute Gasteiger partial charge is 0.147 e. The Bertz CT molecular complexity index is 854. The van der Waals surface area contributed by atoms with E-state index >= 15 is 0 Å². The second-order valence-corrected chi connectivity index (χ2v) is 9.74. The maximum atomic E-state index is 6.19. The van der Waals surface area contributed by atoms with Crippen LogP contribution in [0, 0.1) is 5.92 Å². The quantitative estimate of drug-likeness (QED) is 0.494. The fourth-order valence-electron chi connectivity index (χ4n) is 3.96. The predicted molar refractivity (Wildman–Crippen MR) is 116 cm³/mol. The zero-order valence-electron chi connectivity index (χ0n) is 16.5. The summed E-state index contributed by atoms with van der Waals surface area (Å²) in [5.74, 6) is 0.498. The van der Waals surface area contributed by atoms with E-state index in [0.29, 0.717) is 5.92 Å². The van der Waals surface area contributed by atoms with Crippen LogP contribution in [0.4, 0.5) is 0 Å². The Kier molecular flexibility index (Phi) is 8.65. The molecule has 0 amide bonds. The van der Waals surface area contributed by atoms with Crippen molar-refractivity contribution < 1.29 is 21.6 Å². The summed E-state index contributed by atoms with van der Waals surface area (Å²) < 4.78 is 7.69. The zero-order chi connectivity index (χ0) is 17.4. The van der Waals surface area contributed by atoms with Gasteiger partial charge in [0, 0.05) is 0 Å². The van der Waals surface area contributed by atoms with Crippen LogP contribution in [0.5, 0.6) is 0 Å². The molecule has 1 unspecified atom stereocenters. The Morgan fingerprint density at radius 1 is 0.962 bits per heavy atom. The van der Waals surface area contributed by atoms with Crippen LogP contribution in [0.1, 0.15) is 40.2 Å². The summed E-state index contributed by atoms with van der Waals surface area (Å²) in [7, 11) is 0. The van der Waals surface area contributed by atoms with Crippen LogP contribution in [0.25, 0.3) is 16.3 Å². The number of fused-ring (bicyclic) bond motifs is 1. The minimum atomic E-state index is -1.76. The molecule has 0 bridgehead atoms. The summed E-state index contributed by atoms with van der Waals surface area (Å²) in [6, 6.07) is 13.4. The van der Waals surface area contributed by atoms with E-state index in [9.17, 15) is 0 Å². The van der Waals surface area contributed by atoms with Crippen LogP contribution < -0.4 is 3.87 Å². The van der Waals surface area contributed by atoms with Gasteiger partial charge in [-0.3, -0.25) is 0 Å². The van der Waals surface area contributed by atoms with Crippen molar-refractivity contribution in [3.8, 4) is 0 Å². The SMILES string of the molecule is CC[O][Ti]([CH3])[c]1c(C2=C(C)C(C)=C(C)C2C)ccc2ccccc12.Cl.Cl. The first-order valence-electron chi connectivity index (χ1n) is 8.84. The van der Waals surface area contributed by atoms with Gasteiger partial charge in [-0.05, 0) is 0 Å². The summed E-state index contributed by atoms with van der Waals surface area (Å²) in [4.78, 5) is 0. The maximum Gasteiger partial charge on any atom is -0.147 e. The van der Waals surface area contributed by atoms with Gasteiger partial charge < -0.3 is 0 Å². The van der Waals surface area contributed by atoms with Gasteiger partial charge in [0.1, 0.15) is 0 Å². The number of benzene rings is 2. The fourth-order valence-corrected chi connectivity index (χ4v) is 6.75. The van der Waals surface area contributed by atoms with Crippen LogP contribution >= 0.6 is 24.8 Å². The van der Waals surface area contributed by atoms with E-state index < -0.39 is 18.3 Å². The Morgan fingerprint density at radius 3 is 2.19 bits per heavy atom. The number of hydrogen-bond donors (Lipinski definition) is 0. The Morgan fingerprint density at radius 2 is 1.62 bits per heavy atom. The van der Waals surface area contributed by atoms with Crippen LogP contribution in [0.15, 0.2) is 53.1 Å². The molecule has 26 heavy (non-hydrogen) atoms. The van der Waals surface area contributed by atoms with Crippen LogP contribution in [-0.2, 0) is 21.6 Å². The second-order valence-electron chi connectivity index (χ2n) is 6.77. The van der Waals surface area contributed by atoms with Gasteiger partial charge in [-0.1, -0.05) is 0 Å². The standard InChI is InChI=1S/C19H19.C2H5O.CH3.2ClH.Ti/c1-12-13(2)15(4)19(14(12)3)18-10-9-16-7-5-6-8-17(16)11-18;1-2-3;;;;/h5-10,14H,1-4H3;2H2,1H3;1H3;2*1H;/q;-1;;;;+1. The van der Waals surface area contributed by atoms with E-state index in [1.54, 1.807) is 0 Å². The van der Waals surface area contributed by atoms with Crippen molar-refractivity contribution in [3.63, 3.8) is 0 Å². The second kappa shape index (κ2) is 9.58. The summed E-state index contributed by atoms with van der Waals surface area (Å²) >= 11 is -1.76. The van der Waals surface area contributed by atoms with E-state index in [0.717, 1.165) is 6.61 Å². The van der Waals surface area contributed by atoms with Gasteiger partial charge in [0.15, 0.2) is 0 Å². The smallest absolute Gasteiger partial charge is 0.147 e. The number of halogens is 2. The van der Waals surface area contributed by atoms with E-state index in [2.05, 4.69) is 76.2 Å². The molecule has 1 aliphatic rings. The van der Waals surface area contributed by atoms with Crippen molar-refractivity contribution >= 4 is 45.0 Å². The molecular weight excluding hydrogens is 399 g/mol. The maximum absolute atomic E-state index is 6.19. The molecule has 0 N–H and O–H groups in total. The first-order valence-corrected chi connectivity index (χ1v) is 11.8. The molecule has 1 aliphatic carbocycles. The fraction of sp³-hybridized carbons (Fsp3) is 0.364. The molecule has 0 saturated carbocycles. The van der Waals surface area contributed by atoms with Gasteiger partial charge in [-0.15, -0.1) is 24.8 Å². The van der Waals surface area contributed by atoms with E-state index in [4.69, 9.17) is 3.32 Å². The van der Waals surface area contributed by atoms with Crippen LogP contribution in [0.2, 0.25) is 5.23 Å². The minimum absolute atomic E-state index is 0. The van der Waals surface area contributed by atoms with E-state index in [1.807, 2.05) is 0 Å². The molecule has 0 fully saturated rings. The zero-order valence-corrected chi connectivity index (χ0v) is 19.7. The van der Waals surface area contributed by atoms with Gasteiger partial charge in [0.2, 0.25) is 0 Å². The molecule has 141 valence electrons. The Balaban J connectivity index is 0.00000169. The van der Waals surface area contributed by atoms with Crippen molar-refractivity contribution in [1.29, 1.82) is 0 Å². The van der Waals surface area contributed by atoms with Gasteiger partial charge in [-0.2, -0.15) is 0 Å². The van der Waals surface area contributed by atoms with E-state index in [1.165, 1.54) is 42.5 Å². The van der Waals surface area contributed by atoms with Gasteiger partial charge in [-0.25, -0.2) is 0 Å². The molecule has 0 aliphatic heterocycles. The van der Waals surface area contributed by atoms with Crippen molar-refractivity contribution in [2.45, 2.75) is 39.8 Å². The third-order valence-electron chi connectivity index (χ3n) is 5.57. The molecule has 3 rings (SSSR count). The molecule has 2 aromatic carbocycles. The summed E-state index contributed by atoms with van der Waals surface area (Å²) in [5, 5.41) is 5.06. The van der Waals surface area contributed by atoms with Crippen LogP contribution in [-0.4, -0.2) is 6.61 Å². The Labute approximate surface area is 177 Å². The van der Waals surface area contributed by atoms with Gasteiger partial charge >= 0.3 is 153 Å². The number of allylic oxidation sites excluding steroid dienone is 4. The summed E-state index contributed by atoms with van der Waals surface area (Å²) in [5.41, 5.74) is 7.37. The van der Waals surface area contributed by atoms with Gasteiger partial charge in [0.25, 0.3) is 0 Å². The molecule has 0 heterocycles. The third kappa shape index (κ3) is 3.98. The Hall–Kier alpha value is -0.566.